The Labute approximate surface area is 73.9 Å². The van der Waals surface area contributed by atoms with Gasteiger partial charge < -0.3 is 10.6 Å². The SMILES string of the molecule is C[C@H](N)CN1CCCCCC1=O. The molecular formula is C9H18N2O. The molecule has 0 aromatic carbocycles. The number of hydrogen-bond donors (Lipinski definition) is 1. The molecule has 0 radical (unpaired) electrons. The first-order valence-corrected chi connectivity index (χ1v) is 4.73. The Kier molecular flexibility index (Phi) is 3.53. The maximum atomic E-state index is 11.4. The lowest BCUT2D eigenvalue weighted by atomic mass is 10.2. The summed E-state index contributed by atoms with van der Waals surface area (Å²) in [7, 11) is 0. The highest BCUT2D eigenvalue weighted by Gasteiger charge is 2.16. The molecule has 1 saturated heterocycles. The first-order chi connectivity index (χ1) is 5.70. The van der Waals surface area contributed by atoms with E-state index in [0.29, 0.717) is 6.42 Å². The number of amides is 1. The van der Waals surface area contributed by atoms with Crippen LogP contribution in [0.3, 0.4) is 0 Å². The van der Waals surface area contributed by atoms with Gasteiger partial charge >= 0.3 is 0 Å². The van der Waals surface area contributed by atoms with E-state index < -0.39 is 0 Å². The van der Waals surface area contributed by atoms with E-state index in [1.54, 1.807) is 0 Å². The van der Waals surface area contributed by atoms with Crippen LogP contribution >= 0.6 is 0 Å². The van der Waals surface area contributed by atoms with Crippen molar-refractivity contribution >= 4 is 5.91 Å². The Morgan fingerprint density at radius 3 is 2.92 bits per heavy atom. The second-order valence-electron chi connectivity index (χ2n) is 3.63. The summed E-state index contributed by atoms with van der Waals surface area (Å²) in [6, 6.07) is 0.104. The van der Waals surface area contributed by atoms with Crippen molar-refractivity contribution < 1.29 is 4.79 Å². The molecule has 0 bridgehead atoms. The Hall–Kier alpha value is -0.570. The molecule has 0 saturated carbocycles. The van der Waals surface area contributed by atoms with E-state index in [9.17, 15) is 4.79 Å². The molecule has 12 heavy (non-hydrogen) atoms. The van der Waals surface area contributed by atoms with Crippen molar-refractivity contribution in [3.63, 3.8) is 0 Å². The third-order valence-corrected chi connectivity index (χ3v) is 2.18. The Morgan fingerprint density at radius 2 is 2.25 bits per heavy atom. The normalized spacial score (nSPS) is 22.2. The zero-order valence-corrected chi connectivity index (χ0v) is 7.75. The zero-order chi connectivity index (χ0) is 8.97. The van der Waals surface area contributed by atoms with Gasteiger partial charge in [-0.3, -0.25) is 4.79 Å². The fourth-order valence-electron chi connectivity index (χ4n) is 1.58. The van der Waals surface area contributed by atoms with Gasteiger partial charge in [0.1, 0.15) is 0 Å². The molecule has 1 aliphatic heterocycles. The van der Waals surface area contributed by atoms with Crippen molar-refractivity contribution in [3.05, 3.63) is 0 Å². The standard InChI is InChI=1S/C9H18N2O/c1-8(10)7-11-6-4-2-3-5-9(11)12/h8H,2-7,10H2,1H3/t8-/m0/s1. The minimum absolute atomic E-state index is 0.104. The van der Waals surface area contributed by atoms with Gasteiger partial charge in [0.25, 0.3) is 0 Å². The average molecular weight is 170 g/mol. The van der Waals surface area contributed by atoms with Crippen LogP contribution in [0, 0.1) is 0 Å². The molecule has 70 valence electrons. The largest absolute Gasteiger partial charge is 0.341 e. The maximum Gasteiger partial charge on any atom is 0.222 e. The van der Waals surface area contributed by atoms with Gasteiger partial charge in [-0.1, -0.05) is 6.42 Å². The van der Waals surface area contributed by atoms with Gasteiger partial charge in [-0.25, -0.2) is 0 Å². The summed E-state index contributed by atoms with van der Waals surface area (Å²) in [6.07, 6.45) is 4.08. The van der Waals surface area contributed by atoms with Crippen LogP contribution in [0.2, 0.25) is 0 Å². The third kappa shape index (κ3) is 2.81. The summed E-state index contributed by atoms with van der Waals surface area (Å²) in [5.41, 5.74) is 5.64. The van der Waals surface area contributed by atoms with Crippen LogP contribution in [-0.2, 0) is 4.79 Å². The van der Waals surface area contributed by atoms with Gasteiger partial charge in [-0.2, -0.15) is 0 Å². The number of rotatable bonds is 2. The first-order valence-electron chi connectivity index (χ1n) is 4.73. The quantitative estimate of drug-likeness (QED) is 0.664. The predicted molar refractivity (Wildman–Crippen MR) is 48.7 cm³/mol. The summed E-state index contributed by atoms with van der Waals surface area (Å²) >= 11 is 0. The second kappa shape index (κ2) is 4.45. The molecule has 0 spiro atoms. The van der Waals surface area contributed by atoms with E-state index in [0.717, 1.165) is 25.9 Å². The summed E-state index contributed by atoms with van der Waals surface area (Å²) in [4.78, 5) is 13.3. The fourth-order valence-corrected chi connectivity index (χ4v) is 1.58. The van der Waals surface area contributed by atoms with Crippen LogP contribution in [0.4, 0.5) is 0 Å². The monoisotopic (exact) mass is 170 g/mol. The van der Waals surface area contributed by atoms with Crippen LogP contribution in [-0.4, -0.2) is 29.9 Å². The third-order valence-electron chi connectivity index (χ3n) is 2.18. The highest BCUT2D eigenvalue weighted by atomic mass is 16.2. The van der Waals surface area contributed by atoms with Gasteiger partial charge in [0.2, 0.25) is 5.91 Å². The highest BCUT2D eigenvalue weighted by molar-refractivity contribution is 5.76. The predicted octanol–water partition coefficient (Wildman–Crippen LogP) is 0.736. The van der Waals surface area contributed by atoms with E-state index in [1.165, 1.54) is 6.42 Å². The molecule has 0 aliphatic carbocycles. The summed E-state index contributed by atoms with van der Waals surface area (Å²) in [5, 5.41) is 0. The van der Waals surface area contributed by atoms with Crippen LogP contribution in [0.1, 0.15) is 32.6 Å². The average Bonchev–Trinajstić information content (AvgIpc) is 2.16. The van der Waals surface area contributed by atoms with Crippen LogP contribution in [0.25, 0.3) is 0 Å². The van der Waals surface area contributed by atoms with Crippen LogP contribution in [0.15, 0.2) is 0 Å². The number of carbonyl (C=O) groups excluding carboxylic acids is 1. The number of likely N-dealkylation sites (tertiary alicyclic amines) is 1. The number of nitrogens with two attached hydrogens (primary N) is 1. The number of carbonyl (C=O) groups is 1. The van der Waals surface area contributed by atoms with Crippen LogP contribution < -0.4 is 5.73 Å². The van der Waals surface area contributed by atoms with Gasteiger partial charge in [0, 0.05) is 25.6 Å². The van der Waals surface area contributed by atoms with Crippen molar-refractivity contribution in [2.75, 3.05) is 13.1 Å². The number of hydrogen-bond acceptors (Lipinski definition) is 2. The van der Waals surface area contributed by atoms with Crippen LogP contribution in [0.5, 0.6) is 0 Å². The summed E-state index contributed by atoms with van der Waals surface area (Å²) < 4.78 is 0. The first kappa shape index (κ1) is 9.52. The molecule has 1 fully saturated rings. The molecule has 1 heterocycles. The summed E-state index contributed by atoms with van der Waals surface area (Å²) in [5.74, 6) is 0.282. The molecule has 3 nitrogen and oxygen atoms in total. The van der Waals surface area contributed by atoms with Crippen molar-refractivity contribution in [3.8, 4) is 0 Å². The van der Waals surface area contributed by atoms with Crippen molar-refractivity contribution in [1.82, 2.24) is 4.90 Å². The number of nitrogens with zero attached hydrogens (tertiary/aromatic N) is 1. The van der Waals surface area contributed by atoms with E-state index in [1.807, 2.05) is 11.8 Å². The smallest absolute Gasteiger partial charge is 0.222 e. The molecule has 2 N–H and O–H groups in total. The molecule has 0 aromatic rings. The molecule has 0 unspecified atom stereocenters. The lowest BCUT2D eigenvalue weighted by molar-refractivity contribution is -0.130. The molecular weight excluding hydrogens is 152 g/mol. The van der Waals surface area contributed by atoms with Crippen molar-refractivity contribution in [1.29, 1.82) is 0 Å². The molecule has 1 aliphatic rings. The molecule has 3 heteroatoms. The fraction of sp³-hybridized carbons (Fsp3) is 0.889. The summed E-state index contributed by atoms with van der Waals surface area (Å²) in [6.45, 7) is 3.57. The molecule has 1 amide bonds. The molecule has 1 atom stereocenters. The molecule has 0 aromatic heterocycles. The van der Waals surface area contributed by atoms with Crippen molar-refractivity contribution in [2.45, 2.75) is 38.6 Å². The van der Waals surface area contributed by atoms with Crippen molar-refractivity contribution in [2.24, 2.45) is 5.73 Å². The minimum atomic E-state index is 0.104. The lowest BCUT2D eigenvalue weighted by Crippen LogP contribution is -2.39. The Balaban J connectivity index is 2.42. The zero-order valence-electron chi connectivity index (χ0n) is 7.75. The van der Waals surface area contributed by atoms with Gasteiger partial charge in [-0.15, -0.1) is 0 Å². The van der Waals surface area contributed by atoms with Gasteiger partial charge in [0.05, 0.1) is 0 Å². The van der Waals surface area contributed by atoms with E-state index in [-0.39, 0.29) is 11.9 Å². The lowest BCUT2D eigenvalue weighted by Gasteiger charge is -2.22. The van der Waals surface area contributed by atoms with E-state index in [4.69, 9.17) is 5.73 Å². The van der Waals surface area contributed by atoms with E-state index in [2.05, 4.69) is 0 Å². The van der Waals surface area contributed by atoms with Gasteiger partial charge in [-0.05, 0) is 19.8 Å². The highest BCUT2D eigenvalue weighted by Crippen LogP contribution is 2.10. The Bertz CT molecular complexity index is 157. The second-order valence-corrected chi connectivity index (χ2v) is 3.63. The molecule has 1 rings (SSSR count). The van der Waals surface area contributed by atoms with Gasteiger partial charge in [0.15, 0.2) is 0 Å². The minimum Gasteiger partial charge on any atom is -0.341 e. The topological polar surface area (TPSA) is 46.3 Å². The van der Waals surface area contributed by atoms with E-state index >= 15 is 0 Å². The maximum absolute atomic E-state index is 11.4. The Morgan fingerprint density at radius 1 is 1.50 bits per heavy atom.